The van der Waals surface area contributed by atoms with Gasteiger partial charge in [-0.05, 0) is 30.5 Å². The van der Waals surface area contributed by atoms with E-state index >= 15 is 0 Å². The summed E-state index contributed by atoms with van der Waals surface area (Å²) >= 11 is 5.54. The molecule has 0 unspecified atom stereocenters. The van der Waals surface area contributed by atoms with Crippen molar-refractivity contribution in [2.45, 2.75) is 24.4 Å². The lowest BCUT2D eigenvalue weighted by atomic mass is 9.94. The van der Waals surface area contributed by atoms with Gasteiger partial charge in [-0.15, -0.1) is 0 Å². The van der Waals surface area contributed by atoms with Gasteiger partial charge in [-0.25, -0.2) is 0 Å². The van der Waals surface area contributed by atoms with Gasteiger partial charge in [0.05, 0.1) is 10.6 Å². The average Bonchev–Trinajstić information content (AvgIpc) is 2.97. The maximum Gasteiger partial charge on any atom is 0.417 e. The third kappa shape index (κ3) is 1.92. The zero-order valence-electron chi connectivity index (χ0n) is 8.44. The second-order valence-corrected chi connectivity index (χ2v) is 4.58. The molecule has 1 aliphatic rings. The Morgan fingerprint density at radius 1 is 1.31 bits per heavy atom. The normalized spacial score (nSPS) is 18.6. The average molecular weight is 250 g/mol. The minimum atomic E-state index is -4.40. The Morgan fingerprint density at radius 3 is 2.38 bits per heavy atom. The lowest BCUT2D eigenvalue weighted by molar-refractivity contribution is -0.137. The van der Waals surface area contributed by atoms with E-state index in [9.17, 15) is 13.2 Å². The molecule has 1 aromatic rings. The van der Waals surface area contributed by atoms with Crippen molar-refractivity contribution in [1.82, 2.24) is 0 Å². The molecule has 2 N–H and O–H groups in total. The van der Waals surface area contributed by atoms with Crippen molar-refractivity contribution in [2.75, 3.05) is 6.54 Å². The summed E-state index contributed by atoms with van der Waals surface area (Å²) < 4.78 is 37.9. The van der Waals surface area contributed by atoms with Crippen molar-refractivity contribution in [3.05, 3.63) is 34.3 Å². The van der Waals surface area contributed by atoms with E-state index < -0.39 is 11.7 Å². The second-order valence-electron chi connectivity index (χ2n) is 4.18. The fourth-order valence-electron chi connectivity index (χ4n) is 1.83. The molecule has 1 aliphatic carbocycles. The molecule has 1 aromatic carbocycles. The summed E-state index contributed by atoms with van der Waals surface area (Å²) in [6.45, 7) is 0.381. The molecular formula is C11H11ClF3N. The Kier molecular flexibility index (Phi) is 2.67. The van der Waals surface area contributed by atoms with E-state index in [1.165, 1.54) is 6.07 Å². The lowest BCUT2D eigenvalue weighted by Gasteiger charge is -2.16. The monoisotopic (exact) mass is 249 g/mol. The number of halogens is 4. The van der Waals surface area contributed by atoms with Crippen LogP contribution in [0.2, 0.25) is 5.02 Å². The molecule has 16 heavy (non-hydrogen) atoms. The third-order valence-electron chi connectivity index (χ3n) is 3.13. The summed E-state index contributed by atoms with van der Waals surface area (Å²) in [6.07, 6.45) is -2.71. The number of alkyl halides is 3. The largest absolute Gasteiger partial charge is 0.417 e. The van der Waals surface area contributed by atoms with E-state index in [2.05, 4.69) is 0 Å². The molecule has 5 heteroatoms. The van der Waals surface area contributed by atoms with Gasteiger partial charge in [0.1, 0.15) is 0 Å². The van der Waals surface area contributed by atoms with Crippen LogP contribution >= 0.6 is 11.6 Å². The Morgan fingerprint density at radius 2 is 1.94 bits per heavy atom. The Labute approximate surface area is 96.4 Å². The zero-order chi connectivity index (χ0) is 12.0. The molecule has 1 nitrogen and oxygen atoms in total. The van der Waals surface area contributed by atoms with Crippen LogP contribution in [-0.2, 0) is 11.6 Å². The van der Waals surface area contributed by atoms with Crippen molar-refractivity contribution >= 4 is 11.6 Å². The molecule has 1 fully saturated rings. The SMILES string of the molecule is NCC1(c2ccc(Cl)c(C(F)(F)F)c2)CC1. The first-order chi connectivity index (χ1) is 7.39. The van der Waals surface area contributed by atoms with Crippen LogP contribution in [0.1, 0.15) is 24.0 Å². The first-order valence-electron chi connectivity index (χ1n) is 4.96. The highest BCUT2D eigenvalue weighted by Gasteiger charge is 2.44. The van der Waals surface area contributed by atoms with E-state index in [0.717, 1.165) is 18.9 Å². The van der Waals surface area contributed by atoms with Gasteiger partial charge in [0, 0.05) is 12.0 Å². The summed E-state index contributed by atoms with van der Waals surface area (Å²) in [5.74, 6) is 0. The molecule has 0 heterocycles. The van der Waals surface area contributed by atoms with E-state index in [0.29, 0.717) is 12.1 Å². The van der Waals surface area contributed by atoms with Crippen LogP contribution in [0.15, 0.2) is 18.2 Å². The van der Waals surface area contributed by atoms with Crippen LogP contribution in [-0.4, -0.2) is 6.54 Å². The predicted molar refractivity (Wildman–Crippen MR) is 56.4 cm³/mol. The number of benzene rings is 1. The Balaban J connectivity index is 2.44. The highest BCUT2D eigenvalue weighted by molar-refractivity contribution is 6.31. The summed E-state index contributed by atoms with van der Waals surface area (Å²) in [6, 6.07) is 4.06. The standard InChI is InChI=1S/C11H11ClF3N/c12-9-2-1-7(10(6-16)3-4-10)5-8(9)11(13,14)15/h1-2,5H,3-4,6,16H2. The van der Waals surface area contributed by atoms with Crippen LogP contribution in [0.25, 0.3) is 0 Å². The van der Waals surface area contributed by atoms with Gasteiger partial charge in [0.25, 0.3) is 0 Å². The van der Waals surface area contributed by atoms with E-state index in [1.54, 1.807) is 6.07 Å². The first kappa shape index (κ1) is 11.7. The molecular weight excluding hydrogens is 239 g/mol. The van der Waals surface area contributed by atoms with Crippen molar-refractivity contribution < 1.29 is 13.2 Å². The van der Waals surface area contributed by atoms with E-state index in [-0.39, 0.29) is 10.4 Å². The molecule has 88 valence electrons. The first-order valence-corrected chi connectivity index (χ1v) is 5.34. The van der Waals surface area contributed by atoms with Crippen LogP contribution in [0.4, 0.5) is 13.2 Å². The number of nitrogens with two attached hydrogens (primary N) is 1. The molecule has 0 saturated heterocycles. The summed E-state index contributed by atoms with van der Waals surface area (Å²) in [5, 5.41) is -0.260. The van der Waals surface area contributed by atoms with Crippen LogP contribution < -0.4 is 5.73 Å². The van der Waals surface area contributed by atoms with E-state index in [1.807, 2.05) is 0 Å². The molecule has 0 bridgehead atoms. The van der Waals surface area contributed by atoms with Gasteiger partial charge in [-0.3, -0.25) is 0 Å². The fourth-order valence-corrected chi connectivity index (χ4v) is 2.06. The Hall–Kier alpha value is -0.740. The molecule has 0 aromatic heterocycles. The molecule has 0 radical (unpaired) electrons. The van der Waals surface area contributed by atoms with Crippen molar-refractivity contribution in [3.8, 4) is 0 Å². The molecule has 0 amide bonds. The quantitative estimate of drug-likeness (QED) is 0.855. The molecule has 0 spiro atoms. The van der Waals surface area contributed by atoms with Crippen molar-refractivity contribution in [3.63, 3.8) is 0 Å². The van der Waals surface area contributed by atoms with Crippen LogP contribution in [0.3, 0.4) is 0 Å². The number of hydrogen-bond acceptors (Lipinski definition) is 1. The maximum atomic E-state index is 12.6. The highest BCUT2D eigenvalue weighted by atomic mass is 35.5. The van der Waals surface area contributed by atoms with Crippen LogP contribution in [0, 0.1) is 0 Å². The third-order valence-corrected chi connectivity index (χ3v) is 3.46. The van der Waals surface area contributed by atoms with Gasteiger partial charge in [-0.1, -0.05) is 17.7 Å². The minimum absolute atomic E-state index is 0.245. The summed E-state index contributed by atoms with van der Waals surface area (Å²) in [7, 11) is 0. The van der Waals surface area contributed by atoms with Gasteiger partial charge in [-0.2, -0.15) is 13.2 Å². The number of hydrogen-bond donors (Lipinski definition) is 1. The lowest BCUT2D eigenvalue weighted by Crippen LogP contribution is -2.20. The Bertz CT molecular complexity index is 410. The second kappa shape index (κ2) is 3.64. The maximum absolute atomic E-state index is 12.6. The van der Waals surface area contributed by atoms with Gasteiger partial charge < -0.3 is 5.73 Å². The smallest absolute Gasteiger partial charge is 0.330 e. The van der Waals surface area contributed by atoms with Crippen molar-refractivity contribution in [1.29, 1.82) is 0 Å². The molecule has 2 rings (SSSR count). The molecule has 0 atom stereocenters. The van der Waals surface area contributed by atoms with Gasteiger partial charge >= 0.3 is 6.18 Å². The number of rotatable bonds is 2. The fraction of sp³-hybridized carbons (Fsp3) is 0.455. The van der Waals surface area contributed by atoms with Gasteiger partial charge in [0.15, 0.2) is 0 Å². The van der Waals surface area contributed by atoms with Gasteiger partial charge in [0.2, 0.25) is 0 Å². The van der Waals surface area contributed by atoms with Crippen molar-refractivity contribution in [2.24, 2.45) is 5.73 Å². The van der Waals surface area contributed by atoms with Crippen LogP contribution in [0.5, 0.6) is 0 Å². The summed E-state index contributed by atoms with van der Waals surface area (Å²) in [5.41, 5.74) is 5.21. The predicted octanol–water partition coefficient (Wildman–Crippen LogP) is 3.35. The highest BCUT2D eigenvalue weighted by Crippen LogP contribution is 2.49. The minimum Gasteiger partial charge on any atom is -0.330 e. The zero-order valence-corrected chi connectivity index (χ0v) is 9.20. The molecule has 0 aliphatic heterocycles. The molecule has 1 saturated carbocycles. The summed E-state index contributed by atoms with van der Waals surface area (Å²) in [4.78, 5) is 0. The van der Waals surface area contributed by atoms with E-state index in [4.69, 9.17) is 17.3 Å². The topological polar surface area (TPSA) is 26.0 Å².